The number of piperazine rings is 1. The highest BCUT2D eigenvalue weighted by Crippen LogP contribution is 2.27. The van der Waals surface area contributed by atoms with E-state index in [0.29, 0.717) is 23.0 Å². The lowest BCUT2D eigenvalue weighted by molar-refractivity contribution is -0.116. The van der Waals surface area contributed by atoms with E-state index in [1.165, 1.54) is 11.3 Å². The van der Waals surface area contributed by atoms with Gasteiger partial charge in [0.2, 0.25) is 5.91 Å². The van der Waals surface area contributed by atoms with E-state index in [-0.39, 0.29) is 11.8 Å². The molecule has 1 aliphatic heterocycles. The summed E-state index contributed by atoms with van der Waals surface area (Å²) in [6, 6.07) is 5.56. The molecule has 1 saturated heterocycles. The van der Waals surface area contributed by atoms with Crippen molar-refractivity contribution in [1.82, 2.24) is 14.8 Å². The normalized spacial score (nSPS) is 15.8. The Morgan fingerprint density at radius 2 is 1.96 bits per heavy atom. The van der Waals surface area contributed by atoms with Crippen LogP contribution in [0.1, 0.15) is 30.6 Å². The number of nitrogens with one attached hydrogen (secondary N) is 1. The van der Waals surface area contributed by atoms with Gasteiger partial charge >= 0.3 is 0 Å². The van der Waals surface area contributed by atoms with Gasteiger partial charge in [-0.05, 0) is 31.2 Å². The minimum Gasteiger partial charge on any atom is -0.336 e. The van der Waals surface area contributed by atoms with Crippen LogP contribution >= 0.6 is 11.3 Å². The SMILES string of the molecule is CC(C)CC(=O)Nc1nc2ccc(C(=O)N3CCN(C)CC3)cc2s1. The van der Waals surface area contributed by atoms with E-state index in [1.807, 2.05) is 36.9 Å². The summed E-state index contributed by atoms with van der Waals surface area (Å²) >= 11 is 1.41. The van der Waals surface area contributed by atoms with Gasteiger partial charge in [-0.25, -0.2) is 4.98 Å². The summed E-state index contributed by atoms with van der Waals surface area (Å²) in [4.78, 5) is 33.1. The molecule has 0 atom stereocenters. The Morgan fingerprint density at radius 1 is 1.24 bits per heavy atom. The Labute approximate surface area is 151 Å². The van der Waals surface area contributed by atoms with Crippen molar-refractivity contribution in [2.75, 3.05) is 38.5 Å². The summed E-state index contributed by atoms with van der Waals surface area (Å²) in [5.74, 6) is 0.346. The molecule has 0 aliphatic carbocycles. The highest BCUT2D eigenvalue weighted by molar-refractivity contribution is 7.22. The van der Waals surface area contributed by atoms with Crippen LogP contribution in [0.2, 0.25) is 0 Å². The van der Waals surface area contributed by atoms with Gasteiger partial charge in [-0.1, -0.05) is 25.2 Å². The van der Waals surface area contributed by atoms with Gasteiger partial charge in [-0.3, -0.25) is 9.59 Å². The zero-order valence-electron chi connectivity index (χ0n) is 14.9. The summed E-state index contributed by atoms with van der Waals surface area (Å²) in [5, 5.41) is 3.44. The molecule has 7 heteroatoms. The molecule has 2 heterocycles. The first kappa shape index (κ1) is 17.8. The fourth-order valence-electron chi connectivity index (χ4n) is 2.84. The molecule has 1 N–H and O–H groups in total. The summed E-state index contributed by atoms with van der Waals surface area (Å²) < 4.78 is 0.917. The topological polar surface area (TPSA) is 65.5 Å². The first-order chi connectivity index (χ1) is 11.9. The molecular weight excluding hydrogens is 336 g/mol. The number of hydrogen-bond acceptors (Lipinski definition) is 5. The Morgan fingerprint density at radius 3 is 2.64 bits per heavy atom. The van der Waals surface area contributed by atoms with Gasteiger partial charge in [-0.2, -0.15) is 0 Å². The van der Waals surface area contributed by atoms with E-state index >= 15 is 0 Å². The van der Waals surface area contributed by atoms with E-state index in [4.69, 9.17) is 0 Å². The number of rotatable bonds is 4. The Balaban J connectivity index is 1.73. The number of aromatic nitrogens is 1. The lowest BCUT2D eigenvalue weighted by Gasteiger charge is -2.32. The van der Waals surface area contributed by atoms with Crippen molar-refractivity contribution < 1.29 is 9.59 Å². The largest absolute Gasteiger partial charge is 0.336 e. The first-order valence-corrected chi connectivity index (χ1v) is 9.42. The number of carbonyl (C=O) groups excluding carboxylic acids is 2. The molecular formula is C18H24N4O2S. The Kier molecular flexibility index (Phi) is 5.34. The van der Waals surface area contributed by atoms with Crippen LogP contribution in [-0.2, 0) is 4.79 Å². The number of thiazole rings is 1. The maximum atomic E-state index is 12.7. The number of hydrogen-bond donors (Lipinski definition) is 1. The fourth-order valence-corrected chi connectivity index (χ4v) is 3.77. The average Bonchev–Trinajstić information content (AvgIpc) is 2.95. The minimum atomic E-state index is -0.0252. The van der Waals surface area contributed by atoms with Gasteiger partial charge in [0.1, 0.15) is 0 Å². The number of carbonyl (C=O) groups is 2. The number of nitrogens with zero attached hydrogens (tertiary/aromatic N) is 3. The third-order valence-electron chi connectivity index (χ3n) is 4.27. The minimum absolute atomic E-state index is 0.0252. The monoisotopic (exact) mass is 360 g/mol. The van der Waals surface area contributed by atoms with Crippen LogP contribution in [0.25, 0.3) is 10.2 Å². The van der Waals surface area contributed by atoms with E-state index in [1.54, 1.807) is 0 Å². The third-order valence-corrected chi connectivity index (χ3v) is 5.20. The van der Waals surface area contributed by atoms with Gasteiger partial charge in [0, 0.05) is 38.2 Å². The molecule has 1 aromatic heterocycles. The average molecular weight is 360 g/mol. The fraction of sp³-hybridized carbons (Fsp3) is 0.500. The quantitative estimate of drug-likeness (QED) is 0.910. The third kappa shape index (κ3) is 4.35. The van der Waals surface area contributed by atoms with Crippen LogP contribution in [0.3, 0.4) is 0 Å². The predicted molar refractivity (Wildman–Crippen MR) is 101 cm³/mol. The smallest absolute Gasteiger partial charge is 0.253 e. The van der Waals surface area contributed by atoms with E-state index in [0.717, 1.165) is 36.4 Å². The Bertz CT molecular complexity index is 778. The number of likely N-dealkylation sites (N-methyl/N-ethyl adjacent to an activating group) is 1. The zero-order valence-corrected chi connectivity index (χ0v) is 15.7. The van der Waals surface area contributed by atoms with Gasteiger partial charge in [0.05, 0.1) is 10.2 Å². The van der Waals surface area contributed by atoms with Crippen molar-refractivity contribution in [1.29, 1.82) is 0 Å². The molecule has 0 radical (unpaired) electrons. The highest BCUT2D eigenvalue weighted by atomic mass is 32.1. The van der Waals surface area contributed by atoms with Crippen LogP contribution in [0.5, 0.6) is 0 Å². The van der Waals surface area contributed by atoms with E-state index in [9.17, 15) is 9.59 Å². The molecule has 0 bridgehead atoms. The van der Waals surface area contributed by atoms with Crippen molar-refractivity contribution in [3.63, 3.8) is 0 Å². The molecule has 0 saturated carbocycles. The summed E-state index contributed by atoms with van der Waals surface area (Å²) in [6.07, 6.45) is 0.475. The molecule has 0 unspecified atom stereocenters. The molecule has 134 valence electrons. The van der Waals surface area contributed by atoms with E-state index < -0.39 is 0 Å². The van der Waals surface area contributed by atoms with E-state index in [2.05, 4.69) is 22.2 Å². The molecule has 1 aliphatic rings. The van der Waals surface area contributed by atoms with Crippen LogP contribution in [0, 0.1) is 5.92 Å². The maximum absolute atomic E-state index is 12.7. The van der Waals surface area contributed by atoms with Crippen molar-refractivity contribution in [3.05, 3.63) is 23.8 Å². The number of fused-ring (bicyclic) bond motifs is 1. The second kappa shape index (κ2) is 7.49. The van der Waals surface area contributed by atoms with Crippen molar-refractivity contribution >= 4 is 38.5 Å². The van der Waals surface area contributed by atoms with Crippen molar-refractivity contribution in [2.45, 2.75) is 20.3 Å². The highest BCUT2D eigenvalue weighted by Gasteiger charge is 2.21. The lowest BCUT2D eigenvalue weighted by atomic mass is 10.1. The number of benzene rings is 1. The molecule has 2 amide bonds. The van der Waals surface area contributed by atoms with Crippen molar-refractivity contribution in [3.8, 4) is 0 Å². The molecule has 0 spiro atoms. The molecule has 1 aromatic carbocycles. The summed E-state index contributed by atoms with van der Waals surface area (Å²) in [7, 11) is 2.07. The second-order valence-electron chi connectivity index (χ2n) is 6.94. The molecule has 3 rings (SSSR count). The zero-order chi connectivity index (χ0) is 18.0. The molecule has 6 nitrogen and oxygen atoms in total. The van der Waals surface area contributed by atoms with Gasteiger partial charge in [0.15, 0.2) is 5.13 Å². The first-order valence-electron chi connectivity index (χ1n) is 8.60. The van der Waals surface area contributed by atoms with Crippen LogP contribution in [0.4, 0.5) is 5.13 Å². The molecule has 25 heavy (non-hydrogen) atoms. The second-order valence-corrected chi connectivity index (χ2v) is 7.97. The number of amides is 2. The lowest BCUT2D eigenvalue weighted by Crippen LogP contribution is -2.47. The number of anilines is 1. The predicted octanol–water partition coefficient (Wildman–Crippen LogP) is 2.67. The van der Waals surface area contributed by atoms with Gasteiger partial charge in [0.25, 0.3) is 5.91 Å². The summed E-state index contributed by atoms with van der Waals surface area (Å²) in [5.41, 5.74) is 1.49. The van der Waals surface area contributed by atoms with Gasteiger partial charge in [-0.15, -0.1) is 0 Å². The van der Waals surface area contributed by atoms with Crippen LogP contribution in [-0.4, -0.2) is 59.8 Å². The Hall–Kier alpha value is -1.99. The molecule has 2 aromatic rings. The summed E-state index contributed by atoms with van der Waals surface area (Å²) in [6.45, 7) is 7.34. The van der Waals surface area contributed by atoms with Crippen molar-refractivity contribution in [2.24, 2.45) is 5.92 Å². The standard InChI is InChI=1S/C18H24N4O2S/c1-12(2)10-16(23)20-18-19-14-5-4-13(11-15(14)25-18)17(24)22-8-6-21(3)7-9-22/h4-5,11-12H,6-10H2,1-3H3,(H,19,20,23). The maximum Gasteiger partial charge on any atom is 0.253 e. The van der Waals surface area contributed by atoms with Gasteiger partial charge < -0.3 is 15.1 Å². The van der Waals surface area contributed by atoms with Crippen LogP contribution in [0.15, 0.2) is 18.2 Å². The molecule has 1 fully saturated rings. The van der Waals surface area contributed by atoms with Crippen LogP contribution < -0.4 is 5.32 Å².